The molecule has 1 heterocycles. The fourth-order valence-electron chi connectivity index (χ4n) is 1.32. The lowest BCUT2D eigenvalue weighted by Crippen LogP contribution is -1.94. The van der Waals surface area contributed by atoms with Gasteiger partial charge < -0.3 is 14.2 Å². The predicted octanol–water partition coefficient (Wildman–Crippen LogP) is 2.16. The Hall–Kier alpha value is -1.09. The zero-order valence-electron chi connectivity index (χ0n) is 7.17. The quantitative estimate of drug-likeness (QED) is 0.685. The van der Waals surface area contributed by atoms with Crippen molar-refractivity contribution >= 4 is 11.6 Å². The van der Waals surface area contributed by atoms with Crippen LogP contribution in [0.15, 0.2) is 12.1 Å². The Labute approximate surface area is 81.2 Å². The third-order valence-electron chi connectivity index (χ3n) is 1.92. The summed E-state index contributed by atoms with van der Waals surface area (Å²) in [5, 5.41) is 0. The maximum atomic E-state index is 5.74. The first-order valence-electron chi connectivity index (χ1n) is 3.88. The topological polar surface area (TPSA) is 27.7 Å². The van der Waals surface area contributed by atoms with Gasteiger partial charge in [0.25, 0.3) is 0 Å². The fourth-order valence-corrected chi connectivity index (χ4v) is 1.53. The van der Waals surface area contributed by atoms with Gasteiger partial charge in [-0.05, 0) is 6.07 Å². The van der Waals surface area contributed by atoms with E-state index in [-0.39, 0.29) is 6.79 Å². The van der Waals surface area contributed by atoms with Crippen LogP contribution in [0.1, 0.15) is 5.56 Å². The highest BCUT2D eigenvalue weighted by molar-refractivity contribution is 6.17. The maximum Gasteiger partial charge on any atom is 0.231 e. The van der Waals surface area contributed by atoms with Crippen molar-refractivity contribution < 1.29 is 14.2 Å². The molecule has 0 radical (unpaired) electrons. The van der Waals surface area contributed by atoms with Gasteiger partial charge in [0.15, 0.2) is 11.5 Å². The molecule has 0 atom stereocenters. The van der Waals surface area contributed by atoms with E-state index >= 15 is 0 Å². The van der Waals surface area contributed by atoms with Crippen LogP contribution in [0.4, 0.5) is 0 Å². The lowest BCUT2D eigenvalue weighted by molar-refractivity contribution is 0.171. The van der Waals surface area contributed by atoms with E-state index in [9.17, 15) is 0 Å². The molecular formula is C9H9ClO3. The van der Waals surface area contributed by atoms with Crippen LogP contribution < -0.4 is 14.2 Å². The van der Waals surface area contributed by atoms with Crippen LogP contribution in [0.3, 0.4) is 0 Å². The Bertz CT molecular complexity index is 325. The van der Waals surface area contributed by atoms with E-state index in [0.29, 0.717) is 23.1 Å². The molecule has 0 saturated carbocycles. The second kappa shape index (κ2) is 3.34. The van der Waals surface area contributed by atoms with Crippen LogP contribution in [-0.4, -0.2) is 13.9 Å². The van der Waals surface area contributed by atoms with E-state index in [4.69, 9.17) is 25.8 Å². The van der Waals surface area contributed by atoms with Gasteiger partial charge >= 0.3 is 0 Å². The number of halogens is 1. The lowest BCUT2D eigenvalue weighted by Gasteiger charge is -2.08. The standard InChI is InChI=1S/C9H9ClO3/c1-11-8-6(4-10)2-3-7-9(8)13-5-12-7/h2-3H,4-5H2,1H3. The lowest BCUT2D eigenvalue weighted by atomic mass is 10.2. The van der Waals surface area contributed by atoms with Crippen molar-refractivity contribution in [3.63, 3.8) is 0 Å². The largest absolute Gasteiger partial charge is 0.492 e. The smallest absolute Gasteiger partial charge is 0.231 e. The minimum absolute atomic E-state index is 0.247. The molecule has 13 heavy (non-hydrogen) atoms. The molecule has 0 saturated heterocycles. The molecule has 0 unspecified atom stereocenters. The summed E-state index contributed by atoms with van der Waals surface area (Å²) in [4.78, 5) is 0. The van der Waals surface area contributed by atoms with Crippen molar-refractivity contribution in [1.29, 1.82) is 0 Å². The monoisotopic (exact) mass is 200 g/mol. The first-order chi connectivity index (χ1) is 6.36. The van der Waals surface area contributed by atoms with Crippen LogP contribution in [-0.2, 0) is 5.88 Å². The summed E-state index contributed by atoms with van der Waals surface area (Å²) in [5.41, 5.74) is 0.911. The van der Waals surface area contributed by atoms with Gasteiger partial charge in [-0.15, -0.1) is 11.6 Å². The van der Waals surface area contributed by atoms with E-state index in [0.717, 1.165) is 5.56 Å². The average molecular weight is 201 g/mol. The maximum absolute atomic E-state index is 5.74. The highest BCUT2D eigenvalue weighted by Crippen LogP contribution is 2.43. The molecule has 0 amide bonds. The first kappa shape index (κ1) is 8.51. The highest BCUT2D eigenvalue weighted by Gasteiger charge is 2.20. The van der Waals surface area contributed by atoms with E-state index < -0.39 is 0 Å². The third kappa shape index (κ3) is 1.29. The van der Waals surface area contributed by atoms with Crippen LogP contribution in [0.2, 0.25) is 0 Å². The molecule has 70 valence electrons. The van der Waals surface area contributed by atoms with Gasteiger partial charge in [0.1, 0.15) is 0 Å². The number of rotatable bonds is 2. The number of hydrogen-bond acceptors (Lipinski definition) is 3. The Morgan fingerprint density at radius 3 is 3.00 bits per heavy atom. The van der Waals surface area contributed by atoms with Crippen LogP contribution >= 0.6 is 11.6 Å². The zero-order valence-corrected chi connectivity index (χ0v) is 7.93. The Morgan fingerprint density at radius 2 is 2.31 bits per heavy atom. The van der Waals surface area contributed by atoms with Crippen molar-refractivity contribution in [2.24, 2.45) is 0 Å². The Morgan fingerprint density at radius 1 is 1.46 bits per heavy atom. The molecule has 0 N–H and O–H groups in total. The SMILES string of the molecule is COc1c(CCl)ccc2c1OCO2. The summed E-state index contributed by atoms with van der Waals surface area (Å²) in [6.07, 6.45) is 0. The minimum atomic E-state index is 0.247. The normalized spacial score (nSPS) is 13.1. The van der Waals surface area contributed by atoms with Gasteiger partial charge in [-0.1, -0.05) is 6.07 Å². The molecule has 0 spiro atoms. The molecule has 1 aromatic rings. The zero-order chi connectivity index (χ0) is 9.26. The molecule has 0 bridgehead atoms. The molecule has 0 aliphatic carbocycles. The van der Waals surface area contributed by atoms with Gasteiger partial charge in [0, 0.05) is 5.56 Å². The molecule has 1 aromatic carbocycles. The van der Waals surface area contributed by atoms with E-state index in [1.54, 1.807) is 7.11 Å². The van der Waals surface area contributed by atoms with Gasteiger partial charge in [0.2, 0.25) is 12.5 Å². The molecule has 0 fully saturated rings. The van der Waals surface area contributed by atoms with Crippen molar-refractivity contribution in [3.8, 4) is 17.2 Å². The average Bonchev–Trinajstić information content (AvgIpc) is 2.63. The highest BCUT2D eigenvalue weighted by atomic mass is 35.5. The molecule has 1 aliphatic rings. The van der Waals surface area contributed by atoms with Gasteiger partial charge in [-0.2, -0.15) is 0 Å². The van der Waals surface area contributed by atoms with Crippen molar-refractivity contribution in [2.45, 2.75) is 5.88 Å². The number of alkyl halides is 1. The second-order valence-corrected chi connectivity index (χ2v) is 2.89. The number of hydrogen-bond donors (Lipinski definition) is 0. The molecule has 1 aliphatic heterocycles. The van der Waals surface area contributed by atoms with Gasteiger partial charge in [0.05, 0.1) is 13.0 Å². The van der Waals surface area contributed by atoms with Crippen LogP contribution in [0.5, 0.6) is 17.2 Å². The minimum Gasteiger partial charge on any atom is -0.492 e. The summed E-state index contributed by atoms with van der Waals surface area (Å²) in [5.74, 6) is 2.44. The summed E-state index contributed by atoms with van der Waals surface area (Å²) in [7, 11) is 1.59. The number of fused-ring (bicyclic) bond motifs is 1. The molecule has 4 heteroatoms. The van der Waals surface area contributed by atoms with E-state index in [1.807, 2.05) is 12.1 Å². The van der Waals surface area contributed by atoms with E-state index in [2.05, 4.69) is 0 Å². The summed E-state index contributed by atoms with van der Waals surface area (Å²) < 4.78 is 15.6. The van der Waals surface area contributed by atoms with Crippen LogP contribution in [0, 0.1) is 0 Å². The van der Waals surface area contributed by atoms with E-state index in [1.165, 1.54) is 0 Å². The fraction of sp³-hybridized carbons (Fsp3) is 0.333. The van der Waals surface area contributed by atoms with Crippen molar-refractivity contribution in [1.82, 2.24) is 0 Å². The number of methoxy groups -OCH3 is 1. The predicted molar refractivity (Wildman–Crippen MR) is 48.7 cm³/mol. The molecule has 3 nitrogen and oxygen atoms in total. The number of ether oxygens (including phenoxy) is 3. The summed E-state index contributed by atoms with van der Waals surface area (Å²) in [6, 6.07) is 3.71. The van der Waals surface area contributed by atoms with Gasteiger partial charge in [-0.25, -0.2) is 0 Å². The van der Waals surface area contributed by atoms with Gasteiger partial charge in [-0.3, -0.25) is 0 Å². The summed E-state index contributed by atoms with van der Waals surface area (Å²) in [6.45, 7) is 0.247. The molecule has 2 rings (SSSR count). The Balaban J connectivity index is 2.53. The third-order valence-corrected chi connectivity index (χ3v) is 2.21. The summed E-state index contributed by atoms with van der Waals surface area (Å²) >= 11 is 5.74. The molecule has 0 aromatic heterocycles. The molecular weight excluding hydrogens is 192 g/mol. The number of benzene rings is 1. The Kier molecular flexibility index (Phi) is 2.19. The van der Waals surface area contributed by atoms with Crippen LogP contribution in [0.25, 0.3) is 0 Å². The second-order valence-electron chi connectivity index (χ2n) is 2.63. The van der Waals surface area contributed by atoms with Crippen molar-refractivity contribution in [3.05, 3.63) is 17.7 Å². The first-order valence-corrected chi connectivity index (χ1v) is 4.41. The van der Waals surface area contributed by atoms with Crippen molar-refractivity contribution in [2.75, 3.05) is 13.9 Å².